The molecule has 6 heteroatoms. The third kappa shape index (κ3) is 3.63. The predicted octanol–water partition coefficient (Wildman–Crippen LogP) is 0.846. The van der Waals surface area contributed by atoms with Crippen LogP contribution < -0.4 is 0 Å². The van der Waals surface area contributed by atoms with Gasteiger partial charge in [0.1, 0.15) is 6.17 Å². The van der Waals surface area contributed by atoms with Gasteiger partial charge in [-0.15, -0.1) is 0 Å². The molecule has 0 spiro atoms. The molecule has 17 heavy (non-hydrogen) atoms. The van der Waals surface area contributed by atoms with Gasteiger partial charge in [0.2, 0.25) is 10.0 Å². The van der Waals surface area contributed by atoms with E-state index < -0.39 is 16.2 Å². The van der Waals surface area contributed by atoms with E-state index in [4.69, 9.17) is 0 Å². The third-order valence-electron chi connectivity index (χ3n) is 3.59. The van der Waals surface area contributed by atoms with Gasteiger partial charge in [0.15, 0.2) is 0 Å². The zero-order valence-corrected chi connectivity index (χ0v) is 11.0. The van der Waals surface area contributed by atoms with Crippen LogP contribution in [0.1, 0.15) is 25.7 Å². The fraction of sp³-hybridized carbons (Fsp3) is 1.00. The normalized spacial score (nSPS) is 28.6. The van der Waals surface area contributed by atoms with Crippen LogP contribution >= 0.6 is 0 Å². The summed E-state index contributed by atoms with van der Waals surface area (Å²) in [6.07, 6.45) is 2.84. The summed E-state index contributed by atoms with van der Waals surface area (Å²) in [7, 11) is -3.12. The van der Waals surface area contributed by atoms with Gasteiger partial charge in [-0.1, -0.05) is 6.42 Å². The van der Waals surface area contributed by atoms with Crippen molar-refractivity contribution in [2.24, 2.45) is 0 Å². The van der Waals surface area contributed by atoms with E-state index in [2.05, 4.69) is 0 Å². The average Bonchev–Trinajstić information content (AvgIpc) is 2.74. The quantitative estimate of drug-likeness (QED) is 0.756. The molecule has 0 N–H and O–H groups in total. The molecule has 2 heterocycles. The van der Waals surface area contributed by atoms with Crippen molar-refractivity contribution in [1.29, 1.82) is 0 Å². The van der Waals surface area contributed by atoms with Gasteiger partial charge in [-0.05, 0) is 19.3 Å². The molecule has 100 valence electrons. The maximum Gasteiger partial charge on any atom is 0.215 e. The first kappa shape index (κ1) is 13.2. The first-order chi connectivity index (χ1) is 8.08. The average molecular weight is 264 g/mol. The van der Waals surface area contributed by atoms with Crippen molar-refractivity contribution in [2.45, 2.75) is 31.9 Å². The van der Waals surface area contributed by atoms with Crippen LogP contribution in [0.3, 0.4) is 0 Å². The lowest BCUT2D eigenvalue weighted by Crippen LogP contribution is -2.40. The molecule has 0 saturated carbocycles. The largest absolute Gasteiger partial charge is 0.299 e. The molecular weight excluding hydrogens is 243 g/mol. The number of sulfonamides is 1. The lowest BCUT2D eigenvalue weighted by atomic mass is 10.2. The lowest BCUT2D eigenvalue weighted by molar-refractivity contribution is 0.294. The number of halogens is 1. The standard InChI is InChI=1S/C11H21FN2O2S/c12-11-4-7-13(10-11)8-9-17(15,16)14-5-2-1-3-6-14/h11H,1-10H2/t11-/m0/s1. The van der Waals surface area contributed by atoms with E-state index in [9.17, 15) is 12.8 Å². The molecule has 2 aliphatic rings. The van der Waals surface area contributed by atoms with E-state index in [0.717, 1.165) is 19.3 Å². The lowest BCUT2D eigenvalue weighted by Gasteiger charge is -2.26. The topological polar surface area (TPSA) is 40.6 Å². The summed E-state index contributed by atoms with van der Waals surface area (Å²) in [5.74, 6) is 0.139. The van der Waals surface area contributed by atoms with Crippen LogP contribution in [-0.4, -0.2) is 62.3 Å². The molecule has 4 nitrogen and oxygen atoms in total. The summed E-state index contributed by atoms with van der Waals surface area (Å²) in [6, 6.07) is 0. The molecule has 0 aromatic rings. The zero-order chi connectivity index (χ0) is 12.3. The number of rotatable bonds is 4. The maximum atomic E-state index is 12.9. The predicted molar refractivity (Wildman–Crippen MR) is 65.2 cm³/mol. The molecule has 2 aliphatic heterocycles. The molecule has 0 radical (unpaired) electrons. The number of alkyl halides is 1. The second-order valence-electron chi connectivity index (χ2n) is 4.96. The van der Waals surface area contributed by atoms with Crippen molar-refractivity contribution >= 4 is 10.0 Å². The number of likely N-dealkylation sites (tertiary alicyclic amines) is 1. The number of hydrogen-bond acceptors (Lipinski definition) is 3. The minimum absolute atomic E-state index is 0.139. The van der Waals surface area contributed by atoms with Crippen LogP contribution in [0.15, 0.2) is 0 Å². The summed E-state index contributed by atoms with van der Waals surface area (Å²) in [5.41, 5.74) is 0. The zero-order valence-electron chi connectivity index (χ0n) is 10.1. The molecule has 0 aromatic carbocycles. The molecule has 0 amide bonds. The van der Waals surface area contributed by atoms with Crippen LogP contribution in [0.5, 0.6) is 0 Å². The Morgan fingerprint density at radius 2 is 1.82 bits per heavy atom. The van der Waals surface area contributed by atoms with E-state index >= 15 is 0 Å². The van der Waals surface area contributed by atoms with E-state index in [-0.39, 0.29) is 5.75 Å². The second kappa shape index (κ2) is 5.63. The number of nitrogens with zero attached hydrogens (tertiary/aromatic N) is 2. The SMILES string of the molecule is O=S(=O)(CCN1CC[C@H](F)C1)N1CCCCC1. The third-order valence-corrected chi connectivity index (χ3v) is 5.44. The Labute approximate surface area is 103 Å². The summed E-state index contributed by atoms with van der Waals surface area (Å²) in [5, 5.41) is 0. The second-order valence-corrected chi connectivity index (χ2v) is 7.05. The molecule has 0 bridgehead atoms. The molecule has 0 aliphatic carbocycles. The van der Waals surface area contributed by atoms with Gasteiger partial charge in [0.25, 0.3) is 0 Å². The van der Waals surface area contributed by atoms with Crippen molar-refractivity contribution in [2.75, 3.05) is 38.5 Å². The molecule has 0 aromatic heterocycles. The summed E-state index contributed by atoms with van der Waals surface area (Å²) in [4.78, 5) is 1.91. The van der Waals surface area contributed by atoms with E-state index in [0.29, 0.717) is 39.1 Å². The van der Waals surface area contributed by atoms with Crippen molar-refractivity contribution in [1.82, 2.24) is 9.21 Å². The van der Waals surface area contributed by atoms with Gasteiger partial charge in [0.05, 0.1) is 5.75 Å². The van der Waals surface area contributed by atoms with Crippen molar-refractivity contribution < 1.29 is 12.8 Å². The van der Waals surface area contributed by atoms with E-state index in [1.54, 1.807) is 4.31 Å². The van der Waals surface area contributed by atoms with Gasteiger partial charge in [-0.3, -0.25) is 4.90 Å². The van der Waals surface area contributed by atoms with Crippen molar-refractivity contribution in [3.63, 3.8) is 0 Å². The minimum atomic E-state index is -3.12. The Hall–Kier alpha value is -0.200. The van der Waals surface area contributed by atoms with Crippen LogP contribution in [0.2, 0.25) is 0 Å². The molecule has 2 rings (SSSR count). The molecule has 2 saturated heterocycles. The summed E-state index contributed by atoms with van der Waals surface area (Å²) < 4.78 is 38.6. The monoisotopic (exact) mass is 264 g/mol. The highest BCUT2D eigenvalue weighted by molar-refractivity contribution is 7.89. The molecule has 0 unspecified atom stereocenters. The molecule has 2 fully saturated rings. The van der Waals surface area contributed by atoms with Crippen molar-refractivity contribution in [3.05, 3.63) is 0 Å². The van der Waals surface area contributed by atoms with Gasteiger partial charge in [-0.25, -0.2) is 17.1 Å². The van der Waals surface area contributed by atoms with Gasteiger partial charge in [-0.2, -0.15) is 0 Å². The van der Waals surface area contributed by atoms with Gasteiger partial charge >= 0.3 is 0 Å². The van der Waals surface area contributed by atoms with Crippen LogP contribution in [0.4, 0.5) is 4.39 Å². The number of hydrogen-bond donors (Lipinski definition) is 0. The highest BCUT2D eigenvalue weighted by Crippen LogP contribution is 2.15. The Bertz CT molecular complexity index is 341. The fourth-order valence-corrected chi connectivity index (χ4v) is 4.07. The first-order valence-electron chi connectivity index (χ1n) is 6.42. The summed E-state index contributed by atoms with van der Waals surface area (Å²) >= 11 is 0. The van der Waals surface area contributed by atoms with Crippen LogP contribution in [0, 0.1) is 0 Å². The van der Waals surface area contributed by atoms with Gasteiger partial charge in [0, 0.05) is 32.7 Å². The van der Waals surface area contributed by atoms with Crippen LogP contribution in [0.25, 0.3) is 0 Å². The molecular formula is C11H21FN2O2S. The Morgan fingerprint density at radius 3 is 2.41 bits per heavy atom. The fourth-order valence-electron chi connectivity index (χ4n) is 2.51. The summed E-state index contributed by atoms with van der Waals surface area (Å²) in [6.45, 7) is 2.88. The number of piperidine rings is 1. The van der Waals surface area contributed by atoms with Gasteiger partial charge < -0.3 is 0 Å². The van der Waals surface area contributed by atoms with E-state index in [1.165, 1.54) is 0 Å². The minimum Gasteiger partial charge on any atom is -0.299 e. The Kier molecular flexibility index (Phi) is 4.38. The smallest absolute Gasteiger partial charge is 0.215 e. The van der Waals surface area contributed by atoms with Crippen molar-refractivity contribution in [3.8, 4) is 0 Å². The van der Waals surface area contributed by atoms with E-state index in [1.807, 2.05) is 4.90 Å². The first-order valence-corrected chi connectivity index (χ1v) is 8.03. The maximum absolute atomic E-state index is 12.9. The Balaban J connectivity index is 1.80. The Morgan fingerprint density at radius 1 is 1.12 bits per heavy atom. The molecule has 1 atom stereocenters. The highest BCUT2D eigenvalue weighted by atomic mass is 32.2. The van der Waals surface area contributed by atoms with Crippen LogP contribution in [-0.2, 0) is 10.0 Å². The highest BCUT2D eigenvalue weighted by Gasteiger charge is 2.27.